The lowest BCUT2D eigenvalue weighted by molar-refractivity contribution is 1.65. The summed E-state index contributed by atoms with van der Waals surface area (Å²) in [5.41, 5.74) is 0.793. The molecule has 0 N–H and O–H groups in total. The highest BCUT2D eigenvalue weighted by Crippen LogP contribution is 2.26. The van der Waals surface area contributed by atoms with E-state index in [1.165, 1.54) is 0 Å². The molecule has 0 unspecified atom stereocenters. The minimum absolute atomic E-state index is 0.462. The minimum atomic E-state index is 0.462. The fraction of sp³-hybridized carbons (Fsp3) is 0. The number of hydrogen-bond acceptors (Lipinski definition) is 0. The molecule has 1 aromatic carbocycles. The van der Waals surface area contributed by atoms with Crippen LogP contribution in [0.2, 0.25) is 10.0 Å². The van der Waals surface area contributed by atoms with Crippen LogP contribution in [0.5, 0.6) is 0 Å². The molecule has 0 atom stereocenters. The van der Waals surface area contributed by atoms with Gasteiger partial charge in [0.2, 0.25) is 0 Å². The van der Waals surface area contributed by atoms with Crippen molar-refractivity contribution < 1.29 is 0 Å². The first-order valence-corrected chi connectivity index (χ1v) is 4.04. The van der Waals surface area contributed by atoms with E-state index in [1.54, 1.807) is 18.2 Å². The summed E-state index contributed by atoms with van der Waals surface area (Å²) >= 11 is 17.0. The lowest BCUT2D eigenvalue weighted by Gasteiger charge is -1.99. The number of hydrogen-bond donors (Lipinski definition) is 0. The zero-order valence-corrected chi connectivity index (χ0v) is 7.84. The van der Waals surface area contributed by atoms with E-state index in [9.17, 15) is 0 Å². The highest BCUT2D eigenvalue weighted by molar-refractivity contribution is 6.48. The Morgan fingerprint density at radius 3 is 2.27 bits per heavy atom. The zero-order valence-electron chi connectivity index (χ0n) is 5.57. The first kappa shape index (κ1) is 8.92. The molecule has 0 bridgehead atoms. The summed E-state index contributed by atoms with van der Waals surface area (Å²) in [5, 5.41) is 1.47. The third-order valence-electron chi connectivity index (χ3n) is 1.23. The quantitative estimate of drug-likeness (QED) is 0.647. The van der Waals surface area contributed by atoms with Gasteiger partial charge in [-0.15, -0.1) is 0 Å². The molecule has 1 aromatic rings. The molecule has 58 valence electrons. The van der Waals surface area contributed by atoms with E-state index < -0.39 is 0 Å². The summed E-state index contributed by atoms with van der Waals surface area (Å²) in [7, 11) is 0. The van der Waals surface area contributed by atoms with Crippen LogP contribution in [0.4, 0.5) is 0 Å². The van der Waals surface area contributed by atoms with Gasteiger partial charge in [0, 0.05) is 5.03 Å². The fourth-order valence-electron chi connectivity index (χ4n) is 0.665. The summed E-state index contributed by atoms with van der Waals surface area (Å²) < 4.78 is 0. The van der Waals surface area contributed by atoms with Crippen molar-refractivity contribution >= 4 is 39.8 Å². The molecule has 11 heavy (non-hydrogen) atoms. The van der Waals surface area contributed by atoms with Crippen LogP contribution in [0.3, 0.4) is 0 Å². The zero-order chi connectivity index (χ0) is 8.43. The Morgan fingerprint density at radius 1 is 1.18 bits per heavy atom. The maximum atomic E-state index is 5.73. The Bertz CT molecular complexity index is 291. The molecule has 0 aromatic heterocycles. The Morgan fingerprint density at radius 2 is 1.82 bits per heavy atom. The first-order valence-electron chi connectivity index (χ1n) is 2.91. The van der Waals surface area contributed by atoms with Crippen LogP contribution in [0.25, 0.3) is 5.03 Å². The summed E-state index contributed by atoms with van der Waals surface area (Å²) in [4.78, 5) is 0. The van der Waals surface area contributed by atoms with Gasteiger partial charge in [-0.25, -0.2) is 0 Å². The van der Waals surface area contributed by atoms with Gasteiger partial charge >= 0.3 is 0 Å². The van der Waals surface area contributed by atoms with Gasteiger partial charge < -0.3 is 0 Å². The number of halogens is 3. The summed E-state index contributed by atoms with van der Waals surface area (Å²) in [6.07, 6.45) is 0. The minimum Gasteiger partial charge on any atom is -0.0843 e. The van der Waals surface area contributed by atoms with Crippen LogP contribution in [0.1, 0.15) is 5.56 Å². The topological polar surface area (TPSA) is 0 Å². The molecule has 0 saturated carbocycles. The molecular weight excluding hydrogens is 202 g/mol. The Labute approximate surface area is 80.4 Å². The van der Waals surface area contributed by atoms with Crippen molar-refractivity contribution in [1.82, 2.24) is 0 Å². The van der Waals surface area contributed by atoms with Crippen molar-refractivity contribution in [3.8, 4) is 0 Å². The van der Waals surface area contributed by atoms with E-state index >= 15 is 0 Å². The van der Waals surface area contributed by atoms with Crippen LogP contribution >= 0.6 is 34.8 Å². The summed E-state index contributed by atoms with van der Waals surface area (Å²) in [5.74, 6) is 0. The predicted octanol–water partition coefficient (Wildman–Crippen LogP) is 4.20. The average Bonchev–Trinajstić information content (AvgIpc) is 1.94. The van der Waals surface area contributed by atoms with Crippen LogP contribution in [0, 0.1) is 0 Å². The lowest BCUT2D eigenvalue weighted by Crippen LogP contribution is -1.75. The maximum absolute atomic E-state index is 5.73. The van der Waals surface area contributed by atoms with Crippen LogP contribution < -0.4 is 0 Å². The average molecular weight is 207 g/mol. The first-order chi connectivity index (χ1) is 5.11. The molecule has 0 nitrogen and oxygen atoms in total. The van der Waals surface area contributed by atoms with Crippen LogP contribution in [-0.4, -0.2) is 0 Å². The second-order valence-electron chi connectivity index (χ2n) is 2.03. The van der Waals surface area contributed by atoms with Gasteiger partial charge in [-0.1, -0.05) is 47.4 Å². The number of rotatable bonds is 1. The third-order valence-corrected chi connectivity index (χ3v) is 2.19. The van der Waals surface area contributed by atoms with Crippen molar-refractivity contribution in [2.75, 3.05) is 0 Å². The van der Waals surface area contributed by atoms with Crippen LogP contribution in [-0.2, 0) is 0 Å². The molecule has 3 heteroatoms. The largest absolute Gasteiger partial charge is 0.0843 e. The molecule has 0 fully saturated rings. The van der Waals surface area contributed by atoms with Crippen molar-refractivity contribution in [2.45, 2.75) is 0 Å². The Kier molecular flexibility index (Phi) is 2.83. The van der Waals surface area contributed by atoms with Crippen molar-refractivity contribution in [2.24, 2.45) is 0 Å². The SMILES string of the molecule is C=C(Cl)c1ccc(Cl)c(Cl)c1. The molecule has 0 spiro atoms. The Hall–Kier alpha value is -0.170. The van der Waals surface area contributed by atoms with Crippen molar-refractivity contribution in [3.63, 3.8) is 0 Å². The highest BCUT2D eigenvalue weighted by atomic mass is 35.5. The van der Waals surface area contributed by atoms with Gasteiger partial charge in [0.25, 0.3) is 0 Å². The fourth-order valence-corrected chi connectivity index (χ4v) is 1.08. The standard InChI is InChI=1S/C8H5Cl3/c1-5(9)6-2-3-7(10)8(11)4-6/h2-4H,1H2. The summed E-state index contributed by atoms with van der Waals surface area (Å²) in [6, 6.07) is 5.13. The van der Waals surface area contributed by atoms with Gasteiger partial charge in [0.1, 0.15) is 0 Å². The highest BCUT2D eigenvalue weighted by Gasteiger charge is 1.99. The van der Waals surface area contributed by atoms with Crippen molar-refractivity contribution in [3.05, 3.63) is 40.4 Å². The van der Waals surface area contributed by atoms with Gasteiger partial charge in [0.05, 0.1) is 10.0 Å². The normalized spacial score (nSPS) is 9.73. The molecular formula is C8H5Cl3. The maximum Gasteiger partial charge on any atom is 0.0598 e. The van der Waals surface area contributed by atoms with Crippen molar-refractivity contribution in [1.29, 1.82) is 0 Å². The van der Waals surface area contributed by atoms with E-state index in [0.29, 0.717) is 15.1 Å². The van der Waals surface area contributed by atoms with Gasteiger partial charge in [-0.05, 0) is 17.7 Å². The molecule has 0 aliphatic carbocycles. The van der Waals surface area contributed by atoms with E-state index in [-0.39, 0.29) is 0 Å². The van der Waals surface area contributed by atoms with Gasteiger partial charge in [0.15, 0.2) is 0 Å². The lowest BCUT2D eigenvalue weighted by atomic mass is 10.2. The smallest absolute Gasteiger partial charge is 0.0598 e. The van der Waals surface area contributed by atoms with E-state index in [2.05, 4.69) is 6.58 Å². The van der Waals surface area contributed by atoms with Gasteiger partial charge in [-0.2, -0.15) is 0 Å². The third kappa shape index (κ3) is 2.13. The Balaban J connectivity index is 3.15. The molecule has 1 rings (SSSR count). The second-order valence-corrected chi connectivity index (χ2v) is 3.30. The molecule has 0 aliphatic heterocycles. The van der Waals surface area contributed by atoms with Gasteiger partial charge in [-0.3, -0.25) is 0 Å². The molecule has 0 heterocycles. The van der Waals surface area contributed by atoms with E-state index in [0.717, 1.165) is 5.56 Å². The molecule has 0 radical (unpaired) electrons. The van der Waals surface area contributed by atoms with E-state index in [4.69, 9.17) is 34.8 Å². The monoisotopic (exact) mass is 206 g/mol. The summed E-state index contributed by atoms with van der Waals surface area (Å²) in [6.45, 7) is 3.56. The molecule has 0 amide bonds. The van der Waals surface area contributed by atoms with Crippen LogP contribution in [0.15, 0.2) is 24.8 Å². The molecule has 0 saturated heterocycles. The van der Waals surface area contributed by atoms with E-state index in [1.807, 2.05) is 0 Å². The number of benzene rings is 1. The predicted molar refractivity (Wildman–Crippen MR) is 51.3 cm³/mol. The molecule has 0 aliphatic rings. The second kappa shape index (κ2) is 3.48.